The molecule has 9 heteroatoms. The summed E-state index contributed by atoms with van der Waals surface area (Å²) in [7, 11) is 2.97. The lowest BCUT2D eigenvalue weighted by Gasteiger charge is -2.10. The predicted octanol–water partition coefficient (Wildman–Crippen LogP) is 1.80. The summed E-state index contributed by atoms with van der Waals surface area (Å²) in [6.07, 6.45) is 2.19. The van der Waals surface area contributed by atoms with Crippen molar-refractivity contribution >= 4 is 33.7 Å². The summed E-state index contributed by atoms with van der Waals surface area (Å²) < 4.78 is 9.30. The van der Waals surface area contributed by atoms with Crippen molar-refractivity contribution in [2.45, 2.75) is 19.9 Å². The van der Waals surface area contributed by atoms with Gasteiger partial charge in [0.1, 0.15) is 5.58 Å². The Balaban J connectivity index is 1.97. The van der Waals surface area contributed by atoms with Crippen LogP contribution < -0.4 is 16.9 Å². The third kappa shape index (κ3) is 2.68. The summed E-state index contributed by atoms with van der Waals surface area (Å²) in [6, 6.07) is 4.90. The Morgan fingerprint density at radius 1 is 1.07 bits per heavy atom. The van der Waals surface area contributed by atoms with Gasteiger partial charge >= 0.3 is 11.3 Å². The van der Waals surface area contributed by atoms with E-state index in [-0.39, 0.29) is 17.7 Å². The van der Waals surface area contributed by atoms with E-state index in [4.69, 9.17) is 16.0 Å². The Hall–Kier alpha value is -3.13. The molecule has 0 atom stereocenters. The van der Waals surface area contributed by atoms with E-state index in [2.05, 4.69) is 4.98 Å². The predicted molar refractivity (Wildman–Crippen MR) is 106 cm³/mol. The van der Waals surface area contributed by atoms with Crippen molar-refractivity contribution < 1.29 is 4.42 Å². The lowest BCUT2D eigenvalue weighted by Crippen LogP contribution is -2.37. The number of rotatable bonds is 3. The van der Waals surface area contributed by atoms with Crippen LogP contribution in [-0.2, 0) is 27.1 Å². The smallest absolute Gasteiger partial charge is 0.336 e. The molecule has 0 saturated heterocycles. The zero-order chi connectivity index (χ0) is 20.2. The zero-order valence-electron chi connectivity index (χ0n) is 15.5. The van der Waals surface area contributed by atoms with Crippen LogP contribution in [0.3, 0.4) is 0 Å². The molecule has 0 bridgehead atoms. The fraction of sp³-hybridized carbons (Fsp3) is 0.263. The summed E-state index contributed by atoms with van der Waals surface area (Å²) in [5, 5.41) is 1.27. The first-order valence-electron chi connectivity index (χ1n) is 8.67. The van der Waals surface area contributed by atoms with Gasteiger partial charge in [-0.25, -0.2) is 14.6 Å². The number of aromatic nitrogens is 4. The summed E-state index contributed by atoms with van der Waals surface area (Å²) in [5.74, 6) is 0. The number of hydrogen-bond donors (Lipinski definition) is 0. The van der Waals surface area contributed by atoms with E-state index in [0.717, 1.165) is 10.1 Å². The maximum Gasteiger partial charge on any atom is 0.336 e. The molecule has 3 heterocycles. The molecule has 0 aliphatic rings. The molecule has 0 N–H and O–H groups in total. The number of imidazole rings is 1. The normalized spacial score (nSPS) is 11.6. The second-order valence-electron chi connectivity index (χ2n) is 6.63. The lowest BCUT2D eigenvalue weighted by atomic mass is 10.1. The molecular weight excluding hydrogens is 384 g/mol. The molecule has 0 saturated carbocycles. The quantitative estimate of drug-likeness (QED) is 0.489. The number of nitrogens with zero attached hydrogens (tertiary/aromatic N) is 4. The molecule has 0 fully saturated rings. The van der Waals surface area contributed by atoms with Crippen LogP contribution in [0.5, 0.6) is 0 Å². The van der Waals surface area contributed by atoms with Crippen LogP contribution in [0, 0.1) is 0 Å². The van der Waals surface area contributed by atoms with Crippen LogP contribution in [0.4, 0.5) is 0 Å². The van der Waals surface area contributed by atoms with Crippen LogP contribution in [-0.4, -0.2) is 18.7 Å². The van der Waals surface area contributed by atoms with Gasteiger partial charge in [-0.3, -0.25) is 13.9 Å². The van der Waals surface area contributed by atoms with Gasteiger partial charge in [0.25, 0.3) is 5.56 Å². The first kappa shape index (κ1) is 18.2. The maximum absolute atomic E-state index is 12.6. The standard InChI is InChI=1S/C19H17ClN4O4/c1-4-10-5-14-12(7-13(10)20)11(6-15(25)28-14)8-24-9-21-17-16(24)18(26)23(3)19(27)22(17)2/h5-7,9H,4,8H2,1-3H3. The van der Waals surface area contributed by atoms with Crippen molar-refractivity contribution in [2.24, 2.45) is 14.1 Å². The van der Waals surface area contributed by atoms with E-state index in [1.165, 1.54) is 24.0 Å². The summed E-state index contributed by atoms with van der Waals surface area (Å²) in [4.78, 5) is 41.0. The Labute approximate surface area is 163 Å². The van der Waals surface area contributed by atoms with Crippen LogP contribution in [0.15, 0.2) is 43.3 Å². The summed E-state index contributed by atoms with van der Waals surface area (Å²) in [6.45, 7) is 2.17. The van der Waals surface area contributed by atoms with Crippen molar-refractivity contribution in [3.8, 4) is 0 Å². The summed E-state index contributed by atoms with van der Waals surface area (Å²) >= 11 is 6.35. The molecule has 3 aromatic heterocycles. The van der Waals surface area contributed by atoms with Gasteiger partial charge in [-0.05, 0) is 29.7 Å². The minimum atomic E-state index is -0.489. The van der Waals surface area contributed by atoms with Crippen molar-refractivity contribution in [1.29, 1.82) is 0 Å². The van der Waals surface area contributed by atoms with E-state index in [0.29, 0.717) is 28.0 Å². The highest BCUT2D eigenvalue weighted by Crippen LogP contribution is 2.27. The number of benzene rings is 1. The van der Waals surface area contributed by atoms with Crippen LogP contribution >= 0.6 is 11.6 Å². The molecule has 144 valence electrons. The topological polar surface area (TPSA) is 92.0 Å². The molecule has 8 nitrogen and oxygen atoms in total. The van der Waals surface area contributed by atoms with E-state index in [9.17, 15) is 14.4 Å². The molecule has 0 amide bonds. The lowest BCUT2D eigenvalue weighted by molar-refractivity contribution is 0.557. The van der Waals surface area contributed by atoms with E-state index >= 15 is 0 Å². The van der Waals surface area contributed by atoms with E-state index in [1.54, 1.807) is 23.7 Å². The maximum atomic E-state index is 12.6. The number of fused-ring (bicyclic) bond motifs is 2. The molecule has 0 aliphatic carbocycles. The molecule has 1 aromatic carbocycles. The summed E-state index contributed by atoms with van der Waals surface area (Å²) in [5.41, 5.74) is 1.14. The third-order valence-electron chi connectivity index (χ3n) is 4.94. The van der Waals surface area contributed by atoms with Crippen LogP contribution in [0.25, 0.3) is 22.1 Å². The van der Waals surface area contributed by atoms with Gasteiger partial charge in [-0.2, -0.15) is 0 Å². The van der Waals surface area contributed by atoms with Gasteiger partial charge in [-0.1, -0.05) is 18.5 Å². The monoisotopic (exact) mass is 400 g/mol. The SMILES string of the molecule is CCc1cc2oc(=O)cc(Cn3cnc4c3c(=O)n(C)c(=O)n4C)c2cc1Cl. The van der Waals surface area contributed by atoms with E-state index < -0.39 is 16.9 Å². The highest BCUT2D eigenvalue weighted by molar-refractivity contribution is 6.32. The third-order valence-corrected chi connectivity index (χ3v) is 5.29. The van der Waals surface area contributed by atoms with Crippen molar-refractivity contribution in [3.63, 3.8) is 0 Å². The fourth-order valence-corrected chi connectivity index (χ4v) is 3.69. The average molecular weight is 401 g/mol. The Morgan fingerprint density at radius 3 is 2.54 bits per heavy atom. The molecule has 4 rings (SSSR count). The van der Waals surface area contributed by atoms with E-state index in [1.807, 2.05) is 6.92 Å². The minimum Gasteiger partial charge on any atom is -0.423 e. The highest BCUT2D eigenvalue weighted by atomic mass is 35.5. The molecule has 0 spiro atoms. The zero-order valence-corrected chi connectivity index (χ0v) is 16.3. The fourth-order valence-electron chi connectivity index (χ4n) is 3.39. The Kier molecular flexibility index (Phi) is 4.23. The van der Waals surface area contributed by atoms with Gasteiger partial charge in [0.2, 0.25) is 0 Å². The Bertz CT molecular complexity index is 1420. The molecule has 4 aromatic rings. The number of aryl methyl sites for hydroxylation is 2. The molecule has 0 aliphatic heterocycles. The average Bonchev–Trinajstić information content (AvgIpc) is 3.08. The second-order valence-corrected chi connectivity index (χ2v) is 7.04. The van der Waals surface area contributed by atoms with Crippen molar-refractivity contribution in [1.82, 2.24) is 18.7 Å². The van der Waals surface area contributed by atoms with Gasteiger partial charge < -0.3 is 8.98 Å². The van der Waals surface area contributed by atoms with Gasteiger partial charge in [-0.15, -0.1) is 0 Å². The highest BCUT2D eigenvalue weighted by Gasteiger charge is 2.16. The molecule has 28 heavy (non-hydrogen) atoms. The first-order chi connectivity index (χ1) is 13.3. The Morgan fingerprint density at radius 2 is 1.82 bits per heavy atom. The molecule has 0 radical (unpaired) electrons. The van der Waals surface area contributed by atoms with Crippen molar-refractivity contribution in [2.75, 3.05) is 0 Å². The van der Waals surface area contributed by atoms with Crippen LogP contribution in [0.2, 0.25) is 5.02 Å². The number of halogens is 1. The second kappa shape index (κ2) is 6.49. The molecular formula is C19H17ClN4O4. The molecule has 0 unspecified atom stereocenters. The van der Waals surface area contributed by atoms with Gasteiger partial charge in [0.05, 0.1) is 12.9 Å². The van der Waals surface area contributed by atoms with Gasteiger partial charge in [0, 0.05) is 30.6 Å². The number of hydrogen-bond acceptors (Lipinski definition) is 5. The first-order valence-corrected chi connectivity index (χ1v) is 9.05. The van der Waals surface area contributed by atoms with Gasteiger partial charge in [0.15, 0.2) is 11.2 Å². The van der Waals surface area contributed by atoms with Crippen LogP contribution in [0.1, 0.15) is 18.1 Å². The van der Waals surface area contributed by atoms with Crippen molar-refractivity contribution in [3.05, 3.63) is 71.9 Å². The largest absolute Gasteiger partial charge is 0.423 e. The minimum absolute atomic E-state index is 0.202.